The zero-order valence-electron chi connectivity index (χ0n) is 25.1. The van der Waals surface area contributed by atoms with Gasteiger partial charge in [0.25, 0.3) is 11.5 Å². The minimum Gasteiger partial charge on any atom is -0.495 e. The molecule has 0 saturated carbocycles. The van der Waals surface area contributed by atoms with E-state index in [-0.39, 0.29) is 44.4 Å². The van der Waals surface area contributed by atoms with Crippen LogP contribution in [-0.4, -0.2) is 58.6 Å². The summed E-state index contributed by atoms with van der Waals surface area (Å²) in [5.41, 5.74) is -0.648. The lowest BCUT2D eigenvalue weighted by Crippen LogP contribution is -2.49. The average molecular weight is 727 g/mol. The number of benzene rings is 2. The number of aliphatic hydroxyl groups excluding tert-OH is 1. The molecule has 47 heavy (non-hydrogen) atoms. The molecule has 0 spiro atoms. The summed E-state index contributed by atoms with van der Waals surface area (Å²) >= 11 is 18.8. The molecule has 3 amide bonds. The number of hydrogen-bond donors (Lipinski definition) is 2. The van der Waals surface area contributed by atoms with Crippen LogP contribution in [0.2, 0.25) is 10.0 Å². The number of carbonyl (C=O) groups is 2. The number of urea groups is 1. The van der Waals surface area contributed by atoms with Crippen LogP contribution in [0.5, 0.6) is 5.75 Å². The molecule has 5 rings (SSSR count). The molecular formula is C31H28Cl3F2N5O5S. The first-order chi connectivity index (χ1) is 22.3. The van der Waals surface area contributed by atoms with E-state index in [1.165, 1.54) is 24.1 Å². The van der Waals surface area contributed by atoms with Crippen LogP contribution < -0.4 is 15.2 Å². The van der Waals surface area contributed by atoms with Crippen LogP contribution in [0.15, 0.2) is 44.9 Å². The summed E-state index contributed by atoms with van der Waals surface area (Å²) in [6.07, 6.45) is 0.569. The van der Waals surface area contributed by atoms with Crippen LogP contribution in [0.25, 0.3) is 0 Å². The third kappa shape index (κ3) is 6.62. The van der Waals surface area contributed by atoms with Crippen molar-refractivity contribution in [2.75, 3.05) is 31.6 Å². The number of aromatic amines is 1. The highest BCUT2D eigenvalue weighted by molar-refractivity contribution is 7.99. The quantitative estimate of drug-likeness (QED) is 0.230. The van der Waals surface area contributed by atoms with Gasteiger partial charge in [0.05, 0.1) is 48.0 Å². The van der Waals surface area contributed by atoms with Crippen LogP contribution in [0.1, 0.15) is 58.5 Å². The van der Waals surface area contributed by atoms with E-state index in [1.807, 2.05) is 11.9 Å². The number of ether oxygens (including phenoxy) is 1. The number of amides is 3. The van der Waals surface area contributed by atoms with Crippen LogP contribution in [-0.2, 0) is 18.5 Å². The lowest BCUT2D eigenvalue weighted by atomic mass is 10.0. The van der Waals surface area contributed by atoms with Gasteiger partial charge in [0, 0.05) is 36.0 Å². The zero-order valence-corrected chi connectivity index (χ0v) is 28.2. The van der Waals surface area contributed by atoms with Crippen molar-refractivity contribution in [1.29, 1.82) is 5.26 Å². The number of halogens is 5. The highest BCUT2D eigenvalue weighted by Gasteiger charge is 2.40. The molecular weight excluding hydrogens is 699 g/mol. The predicted molar refractivity (Wildman–Crippen MR) is 174 cm³/mol. The summed E-state index contributed by atoms with van der Waals surface area (Å²) in [5, 5.41) is 15.5. The number of aromatic nitrogens is 1. The smallest absolute Gasteiger partial charge is 0.362 e. The molecule has 2 aliphatic rings. The Hall–Kier alpha value is -3.54. The third-order valence-electron chi connectivity index (χ3n) is 8.07. The molecule has 10 nitrogen and oxygen atoms in total. The van der Waals surface area contributed by atoms with Crippen LogP contribution >= 0.6 is 46.6 Å². The second-order valence-corrected chi connectivity index (χ2v) is 13.1. The molecule has 3 aromatic rings. The number of alkyl halides is 3. The monoisotopic (exact) mass is 725 g/mol. The number of H-pyrrole nitrogens is 1. The molecule has 0 radical (unpaired) electrons. The Morgan fingerprint density at radius 2 is 1.98 bits per heavy atom. The van der Waals surface area contributed by atoms with Crippen molar-refractivity contribution in [2.24, 2.45) is 0 Å². The van der Waals surface area contributed by atoms with E-state index in [0.717, 1.165) is 12.5 Å². The molecule has 248 valence electrons. The van der Waals surface area contributed by atoms with Gasteiger partial charge in [-0.25, -0.2) is 4.79 Å². The number of anilines is 1. The number of nitrogens with one attached hydrogen (secondary N) is 1. The van der Waals surface area contributed by atoms with Gasteiger partial charge in [0.1, 0.15) is 17.0 Å². The zero-order chi connectivity index (χ0) is 34.2. The lowest BCUT2D eigenvalue weighted by Gasteiger charge is -2.35. The maximum absolute atomic E-state index is 14.3. The van der Waals surface area contributed by atoms with Crippen molar-refractivity contribution in [3.05, 3.63) is 78.7 Å². The lowest BCUT2D eigenvalue weighted by molar-refractivity contribution is 0.0684. The van der Waals surface area contributed by atoms with Gasteiger partial charge in [-0.1, -0.05) is 41.0 Å². The van der Waals surface area contributed by atoms with E-state index >= 15 is 0 Å². The van der Waals surface area contributed by atoms with Gasteiger partial charge in [-0.15, -0.1) is 0 Å². The largest absolute Gasteiger partial charge is 0.495 e. The van der Waals surface area contributed by atoms with E-state index < -0.39 is 40.8 Å². The van der Waals surface area contributed by atoms with Gasteiger partial charge >= 0.3 is 11.4 Å². The maximum atomic E-state index is 14.3. The average Bonchev–Trinajstić information content (AvgIpc) is 3.39. The van der Waals surface area contributed by atoms with Gasteiger partial charge in [0.15, 0.2) is 0 Å². The number of carbonyl (C=O) groups excluding carboxylic acids is 2. The predicted octanol–water partition coefficient (Wildman–Crippen LogP) is 6.88. The Morgan fingerprint density at radius 1 is 1.23 bits per heavy atom. The number of pyridine rings is 1. The fourth-order valence-corrected chi connectivity index (χ4v) is 7.57. The van der Waals surface area contributed by atoms with E-state index in [0.29, 0.717) is 54.0 Å². The third-order valence-corrected chi connectivity index (χ3v) is 10.4. The summed E-state index contributed by atoms with van der Waals surface area (Å²) in [5.74, 6) is -0.491. The molecule has 2 aliphatic heterocycles. The molecule has 16 heteroatoms. The van der Waals surface area contributed by atoms with E-state index in [1.54, 1.807) is 21.9 Å². The highest BCUT2D eigenvalue weighted by atomic mass is 35.5. The molecule has 3 heterocycles. The number of rotatable bonds is 9. The fraction of sp³-hybridized carbons (Fsp3) is 0.355. The Morgan fingerprint density at radius 3 is 2.62 bits per heavy atom. The van der Waals surface area contributed by atoms with Crippen molar-refractivity contribution < 1.29 is 28.2 Å². The summed E-state index contributed by atoms with van der Waals surface area (Å²) in [4.78, 5) is 47.5. The SMILES string of the molecule is CCN1CCCN(c2cc3c(cc2OC)[C@@H](CC#N)N(C(=O)c2c(Sc4c(Cl)ccc(CO)c4Cl)cc(C(F)(F)Cl)[nH]c2=O)C3)C1=O. The van der Waals surface area contributed by atoms with Crippen molar-refractivity contribution >= 4 is 64.2 Å². The summed E-state index contributed by atoms with van der Waals surface area (Å²) in [6, 6.07) is 8.24. The second-order valence-electron chi connectivity index (χ2n) is 10.8. The van der Waals surface area contributed by atoms with Gasteiger partial charge in [-0.2, -0.15) is 14.0 Å². The molecule has 0 unspecified atom stereocenters. The topological polar surface area (TPSA) is 130 Å². The van der Waals surface area contributed by atoms with Crippen molar-refractivity contribution in [1.82, 2.24) is 14.8 Å². The number of fused-ring (bicyclic) bond motifs is 1. The van der Waals surface area contributed by atoms with Crippen LogP contribution in [0.4, 0.5) is 19.3 Å². The first kappa shape index (κ1) is 34.8. The molecule has 2 aromatic carbocycles. The molecule has 1 aromatic heterocycles. The number of nitriles is 1. The highest BCUT2D eigenvalue weighted by Crippen LogP contribution is 2.46. The second kappa shape index (κ2) is 13.9. The number of nitrogens with zero attached hydrogens (tertiary/aromatic N) is 4. The van der Waals surface area contributed by atoms with Crippen LogP contribution in [0, 0.1) is 11.3 Å². The van der Waals surface area contributed by atoms with Gasteiger partial charge in [-0.05, 0) is 65.9 Å². The Kier molecular flexibility index (Phi) is 10.3. The minimum atomic E-state index is -3.99. The van der Waals surface area contributed by atoms with Gasteiger partial charge in [-0.3, -0.25) is 14.5 Å². The molecule has 1 fully saturated rings. The van der Waals surface area contributed by atoms with Gasteiger partial charge < -0.3 is 24.6 Å². The standard InChI is InChI=1S/C31H28Cl3F2N5O5S/c1-3-39-9-4-10-40(30(39)45)21-11-17-14-41(20(7-8-37)18(17)12-22(21)46-2)29(44)25-23(13-24(31(34,35)36)38-28(25)43)47-27-19(32)6-5-16(15-42)26(27)33/h5-6,11-13,20,42H,3-4,7,9-10,14-15H2,1-2H3,(H,38,43)/t20-/m1/s1. The Balaban J connectivity index is 1.61. The number of aliphatic hydroxyl groups is 1. The van der Waals surface area contributed by atoms with Crippen molar-refractivity contribution in [3.8, 4) is 11.8 Å². The van der Waals surface area contributed by atoms with Gasteiger partial charge in [0.2, 0.25) is 0 Å². The summed E-state index contributed by atoms with van der Waals surface area (Å²) in [7, 11) is 1.45. The molecule has 1 atom stereocenters. The Bertz CT molecular complexity index is 1850. The number of hydrogen-bond acceptors (Lipinski definition) is 7. The van der Waals surface area contributed by atoms with E-state index in [4.69, 9.17) is 39.5 Å². The van der Waals surface area contributed by atoms with E-state index in [9.17, 15) is 33.5 Å². The first-order valence-corrected chi connectivity index (χ1v) is 16.3. The maximum Gasteiger partial charge on any atom is 0.362 e. The first-order valence-electron chi connectivity index (χ1n) is 14.4. The molecule has 1 saturated heterocycles. The summed E-state index contributed by atoms with van der Waals surface area (Å²) in [6.45, 7) is 2.97. The van der Waals surface area contributed by atoms with Crippen molar-refractivity contribution in [3.63, 3.8) is 0 Å². The number of methoxy groups -OCH3 is 1. The van der Waals surface area contributed by atoms with E-state index in [2.05, 4.69) is 6.07 Å². The molecule has 2 N–H and O–H groups in total. The molecule has 0 aliphatic carbocycles. The van der Waals surface area contributed by atoms with Crippen molar-refractivity contribution in [2.45, 2.75) is 54.1 Å². The normalized spacial score (nSPS) is 16.4. The fourth-order valence-electron chi connectivity index (χ4n) is 5.74. The van der Waals surface area contributed by atoms with Crippen LogP contribution in [0.3, 0.4) is 0 Å². The summed E-state index contributed by atoms with van der Waals surface area (Å²) < 4.78 is 34.2. The Labute approximate surface area is 287 Å². The minimum absolute atomic E-state index is 0.00678. The molecule has 0 bridgehead atoms.